The number of esters is 1. The number of phosphoric acid groups is 1. The van der Waals surface area contributed by atoms with Gasteiger partial charge in [0.2, 0.25) is 5.91 Å². The summed E-state index contributed by atoms with van der Waals surface area (Å²) in [6.07, 6.45) is 52.9. The van der Waals surface area contributed by atoms with Crippen LogP contribution in [0, 0.1) is 0 Å². The van der Waals surface area contributed by atoms with E-state index in [0.717, 1.165) is 83.5 Å². The second-order valence-electron chi connectivity index (χ2n) is 15.4. The third kappa shape index (κ3) is 44.8. The Labute approximate surface area is 355 Å². The van der Waals surface area contributed by atoms with Crippen LogP contribution in [0.1, 0.15) is 200 Å². The Morgan fingerprint density at radius 3 is 1.48 bits per heavy atom. The van der Waals surface area contributed by atoms with Crippen molar-refractivity contribution < 1.29 is 37.9 Å². The van der Waals surface area contributed by atoms with Gasteiger partial charge in [0.25, 0.3) is 0 Å². The molecular weight excluding hydrogens is 750 g/mol. The topological polar surface area (TPSA) is 131 Å². The van der Waals surface area contributed by atoms with E-state index in [2.05, 4.69) is 79.9 Å². The fraction of sp³-hybridized carbons (Fsp3) is 0.750. The molecule has 336 valence electrons. The zero-order valence-corrected chi connectivity index (χ0v) is 37.9. The lowest BCUT2D eigenvalue weighted by molar-refractivity contribution is -0.147. The zero-order chi connectivity index (χ0) is 42.5. The summed E-state index contributed by atoms with van der Waals surface area (Å²) >= 11 is 0. The van der Waals surface area contributed by atoms with Crippen molar-refractivity contribution in [2.45, 2.75) is 206 Å². The van der Waals surface area contributed by atoms with Crippen LogP contribution in [0.15, 0.2) is 60.8 Å². The lowest BCUT2D eigenvalue weighted by atomic mass is 10.0. The van der Waals surface area contributed by atoms with Gasteiger partial charge in [-0.25, -0.2) is 4.57 Å². The zero-order valence-electron chi connectivity index (χ0n) is 37.0. The maximum atomic E-state index is 12.1. The van der Waals surface area contributed by atoms with Gasteiger partial charge in [-0.05, 0) is 57.8 Å². The van der Waals surface area contributed by atoms with Crippen molar-refractivity contribution in [3.63, 3.8) is 0 Å². The SMILES string of the molecule is CC/C=C\C/C=C\C/C=C\C/C=C\C/C=C\CCCCCCCCCC(=O)OCC(O)COP(=O)(O)OCCNC(=O)CCCCCCCCCCCCCCCC. The van der Waals surface area contributed by atoms with Crippen LogP contribution in [0.25, 0.3) is 0 Å². The molecule has 0 bridgehead atoms. The molecule has 0 aliphatic rings. The number of hydrogen-bond donors (Lipinski definition) is 3. The van der Waals surface area contributed by atoms with Crippen molar-refractivity contribution in [2.75, 3.05) is 26.4 Å². The Kier molecular flexibility index (Phi) is 42.5. The van der Waals surface area contributed by atoms with Crippen LogP contribution in [0.5, 0.6) is 0 Å². The summed E-state index contributed by atoms with van der Waals surface area (Å²) in [7, 11) is -4.42. The molecule has 0 aliphatic carbocycles. The van der Waals surface area contributed by atoms with Crippen molar-refractivity contribution in [2.24, 2.45) is 0 Å². The number of allylic oxidation sites excluding steroid dienone is 10. The van der Waals surface area contributed by atoms with Gasteiger partial charge in [0, 0.05) is 19.4 Å². The van der Waals surface area contributed by atoms with E-state index in [-0.39, 0.29) is 32.1 Å². The first-order chi connectivity index (χ1) is 28.3. The van der Waals surface area contributed by atoms with Crippen LogP contribution >= 0.6 is 7.82 Å². The van der Waals surface area contributed by atoms with E-state index in [1.165, 1.54) is 89.9 Å². The molecule has 2 unspecified atom stereocenters. The number of aliphatic hydroxyl groups excluding tert-OH is 1. The Hall–Kier alpha value is -2.29. The highest BCUT2D eigenvalue weighted by atomic mass is 31.2. The van der Waals surface area contributed by atoms with Gasteiger partial charge in [-0.3, -0.25) is 18.6 Å². The quantitative estimate of drug-likeness (QED) is 0.0239. The molecule has 0 saturated heterocycles. The first-order valence-electron chi connectivity index (χ1n) is 23.3. The molecule has 0 saturated carbocycles. The molecule has 0 aliphatic heterocycles. The Morgan fingerprint density at radius 1 is 0.552 bits per heavy atom. The van der Waals surface area contributed by atoms with E-state index >= 15 is 0 Å². The largest absolute Gasteiger partial charge is 0.472 e. The normalized spacial score (nSPS) is 13.8. The summed E-state index contributed by atoms with van der Waals surface area (Å²) in [6.45, 7) is 3.44. The van der Waals surface area contributed by atoms with Gasteiger partial charge < -0.3 is 20.1 Å². The molecule has 0 fully saturated rings. The van der Waals surface area contributed by atoms with Gasteiger partial charge in [0.05, 0.1) is 13.2 Å². The second-order valence-corrected chi connectivity index (χ2v) is 16.8. The smallest absolute Gasteiger partial charge is 0.463 e. The van der Waals surface area contributed by atoms with E-state index in [0.29, 0.717) is 6.42 Å². The van der Waals surface area contributed by atoms with Crippen molar-refractivity contribution in [1.29, 1.82) is 0 Å². The van der Waals surface area contributed by atoms with Crippen LogP contribution in [-0.2, 0) is 27.9 Å². The summed E-state index contributed by atoms with van der Waals surface area (Å²) < 4.78 is 26.9. The third-order valence-corrected chi connectivity index (χ3v) is 10.7. The number of carbonyl (C=O) groups excluding carboxylic acids is 2. The maximum Gasteiger partial charge on any atom is 0.472 e. The second kappa shape index (κ2) is 44.3. The molecule has 0 aromatic carbocycles. The number of aliphatic hydroxyl groups is 1. The highest BCUT2D eigenvalue weighted by molar-refractivity contribution is 7.47. The van der Waals surface area contributed by atoms with Crippen LogP contribution < -0.4 is 5.32 Å². The minimum absolute atomic E-state index is 0.0807. The Bertz CT molecular complexity index is 1130. The van der Waals surface area contributed by atoms with Crippen molar-refractivity contribution in [3.05, 3.63) is 60.8 Å². The Balaban J connectivity index is 3.61. The number of nitrogens with one attached hydrogen (secondary N) is 1. The van der Waals surface area contributed by atoms with E-state index < -0.39 is 26.5 Å². The minimum atomic E-state index is -4.42. The van der Waals surface area contributed by atoms with Gasteiger partial charge in [-0.15, -0.1) is 0 Å². The fourth-order valence-electron chi connectivity index (χ4n) is 6.23. The first-order valence-corrected chi connectivity index (χ1v) is 24.8. The number of hydrogen-bond acceptors (Lipinski definition) is 7. The number of amides is 1. The number of phosphoric ester groups is 1. The standard InChI is InChI=1S/C48H86NO8P/c1-3-5-7-9-11-13-15-17-19-20-21-22-23-24-25-26-27-29-31-33-35-37-39-41-48(52)55-44-46(50)45-57-58(53,54)56-43-42-49-47(51)40-38-36-34-32-30-28-18-16-14-12-10-8-6-4-2/h5,7,11,13,17,19,21-22,24-25,46,50H,3-4,6,8-10,12,14-16,18,20,23,26-45H2,1-2H3,(H,49,51)(H,53,54)/b7-5-,13-11-,19-17-,22-21-,25-24-. The molecule has 2 atom stereocenters. The van der Waals surface area contributed by atoms with Crippen molar-refractivity contribution in [3.8, 4) is 0 Å². The monoisotopic (exact) mass is 836 g/mol. The fourth-order valence-corrected chi connectivity index (χ4v) is 6.99. The number of carbonyl (C=O) groups is 2. The van der Waals surface area contributed by atoms with Crippen molar-refractivity contribution >= 4 is 19.7 Å². The molecule has 9 nitrogen and oxygen atoms in total. The molecule has 1 amide bonds. The summed E-state index contributed by atoms with van der Waals surface area (Å²) in [5.41, 5.74) is 0. The molecule has 0 spiro atoms. The average molecular weight is 836 g/mol. The van der Waals surface area contributed by atoms with E-state index in [1.54, 1.807) is 0 Å². The van der Waals surface area contributed by atoms with E-state index in [4.69, 9.17) is 13.8 Å². The third-order valence-electron chi connectivity index (χ3n) is 9.71. The predicted octanol–water partition coefficient (Wildman–Crippen LogP) is 13.3. The summed E-state index contributed by atoms with van der Waals surface area (Å²) in [5, 5.41) is 12.7. The molecular formula is C48H86NO8P. The van der Waals surface area contributed by atoms with Gasteiger partial charge >= 0.3 is 13.8 Å². The average Bonchev–Trinajstić information content (AvgIpc) is 3.21. The van der Waals surface area contributed by atoms with E-state index in [9.17, 15) is 24.2 Å². The molecule has 58 heavy (non-hydrogen) atoms. The maximum absolute atomic E-state index is 12.1. The lowest BCUT2D eigenvalue weighted by Crippen LogP contribution is -2.27. The number of ether oxygens (including phenoxy) is 1. The minimum Gasteiger partial charge on any atom is -0.463 e. The summed E-state index contributed by atoms with van der Waals surface area (Å²) in [6, 6.07) is 0. The van der Waals surface area contributed by atoms with E-state index in [1.807, 2.05) is 0 Å². The van der Waals surface area contributed by atoms with Crippen LogP contribution in [0.2, 0.25) is 0 Å². The molecule has 10 heteroatoms. The molecule has 0 rings (SSSR count). The number of rotatable bonds is 43. The summed E-state index contributed by atoms with van der Waals surface area (Å²) in [5.74, 6) is -0.526. The van der Waals surface area contributed by atoms with Crippen molar-refractivity contribution in [1.82, 2.24) is 5.32 Å². The van der Waals surface area contributed by atoms with Crippen LogP contribution in [0.4, 0.5) is 0 Å². The highest BCUT2D eigenvalue weighted by Gasteiger charge is 2.23. The van der Waals surface area contributed by atoms with Gasteiger partial charge in [-0.1, -0.05) is 190 Å². The molecule has 0 aromatic rings. The van der Waals surface area contributed by atoms with Gasteiger partial charge in [0.15, 0.2) is 0 Å². The van der Waals surface area contributed by atoms with Gasteiger partial charge in [0.1, 0.15) is 12.7 Å². The molecule has 3 N–H and O–H groups in total. The molecule has 0 heterocycles. The predicted molar refractivity (Wildman–Crippen MR) is 243 cm³/mol. The van der Waals surface area contributed by atoms with Gasteiger partial charge in [-0.2, -0.15) is 0 Å². The molecule has 0 aromatic heterocycles. The van der Waals surface area contributed by atoms with Crippen LogP contribution in [-0.4, -0.2) is 54.3 Å². The summed E-state index contributed by atoms with van der Waals surface area (Å²) in [4.78, 5) is 34.0. The lowest BCUT2D eigenvalue weighted by Gasteiger charge is -2.15. The number of unbranched alkanes of at least 4 members (excludes halogenated alkanes) is 20. The van der Waals surface area contributed by atoms with Crippen LogP contribution in [0.3, 0.4) is 0 Å². The first kappa shape index (κ1) is 55.7. The Morgan fingerprint density at radius 2 is 0.983 bits per heavy atom. The molecule has 0 radical (unpaired) electrons. The highest BCUT2D eigenvalue weighted by Crippen LogP contribution is 2.42.